The minimum atomic E-state index is -3.46. The third-order valence-corrected chi connectivity index (χ3v) is 7.97. The number of pyridine rings is 1. The van der Waals surface area contributed by atoms with E-state index < -0.39 is 27.3 Å². The van der Waals surface area contributed by atoms with E-state index in [1.807, 2.05) is 61.5 Å². The number of benzene rings is 2. The number of carbonyl (C=O) groups excluding carboxylic acids is 1. The Balaban J connectivity index is 1.56. The lowest BCUT2D eigenvalue weighted by atomic mass is 9.79. The van der Waals surface area contributed by atoms with E-state index in [-0.39, 0.29) is 11.6 Å². The van der Waals surface area contributed by atoms with Gasteiger partial charge in [0.2, 0.25) is 15.6 Å². The Kier molecular flexibility index (Phi) is 7.54. The van der Waals surface area contributed by atoms with Crippen LogP contribution in [0.15, 0.2) is 77.7 Å². The quantitative estimate of drug-likeness (QED) is 0.454. The smallest absolute Gasteiger partial charge is 0.411 e. The highest BCUT2D eigenvalue weighted by Gasteiger charge is 2.47. The van der Waals surface area contributed by atoms with Crippen molar-refractivity contribution in [2.75, 3.05) is 12.8 Å². The van der Waals surface area contributed by atoms with Crippen molar-refractivity contribution in [2.24, 2.45) is 7.05 Å². The highest BCUT2D eigenvalue weighted by atomic mass is 32.2. The summed E-state index contributed by atoms with van der Waals surface area (Å²) in [5, 5.41) is 0. The number of carbonyl (C=O) groups is 1. The summed E-state index contributed by atoms with van der Waals surface area (Å²) in [6, 6.07) is 20.6. The van der Waals surface area contributed by atoms with Crippen LogP contribution >= 0.6 is 0 Å². The molecule has 4 rings (SSSR count). The van der Waals surface area contributed by atoms with E-state index in [2.05, 4.69) is 4.72 Å². The molecule has 8 nitrogen and oxygen atoms in total. The second-order valence-electron chi connectivity index (χ2n) is 10.8. The first-order valence-corrected chi connectivity index (χ1v) is 14.5. The third-order valence-electron chi connectivity index (χ3n) is 7.04. The molecule has 1 amide bonds. The molecule has 0 bridgehead atoms. The zero-order valence-corrected chi connectivity index (χ0v) is 23.3. The lowest BCUT2D eigenvalue weighted by Crippen LogP contribution is -2.54. The SMILES string of the molecule is C[C@@H](c1ccc(-c2ccc(=O)n(C)c2)cc1)N1CC[C@](CC(C)(C)NS(C)(=O)=O)(c2ccccc2)OC1=O. The van der Waals surface area contributed by atoms with Crippen molar-refractivity contribution in [2.45, 2.75) is 50.8 Å². The van der Waals surface area contributed by atoms with Gasteiger partial charge in [-0.25, -0.2) is 17.9 Å². The van der Waals surface area contributed by atoms with E-state index in [9.17, 15) is 18.0 Å². The number of ether oxygens (including phenoxy) is 1. The van der Waals surface area contributed by atoms with Crippen LogP contribution < -0.4 is 10.3 Å². The summed E-state index contributed by atoms with van der Waals surface area (Å²) in [7, 11) is -1.74. The summed E-state index contributed by atoms with van der Waals surface area (Å²) in [6.07, 6.45) is 3.29. The highest BCUT2D eigenvalue weighted by Crippen LogP contribution is 2.42. The van der Waals surface area contributed by atoms with Crippen LogP contribution in [0.5, 0.6) is 0 Å². The number of amides is 1. The number of rotatable bonds is 8. The molecular weight excluding hydrogens is 502 g/mol. The molecular formula is C29H35N3O5S. The Hall–Kier alpha value is -3.43. The lowest BCUT2D eigenvalue weighted by molar-refractivity contribution is -0.0749. The fourth-order valence-corrected chi connectivity index (χ4v) is 6.42. The molecule has 0 spiro atoms. The van der Waals surface area contributed by atoms with Crippen LogP contribution in [-0.4, -0.2) is 42.3 Å². The van der Waals surface area contributed by atoms with Gasteiger partial charge in [0.1, 0.15) is 5.60 Å². The fraction of sp³-hybridized carbons (Fsp3) is 0.379. The standard InChI is InChI=1S/C29H35N3O5S/c1-21(22-11-13-23(14-12-22)24-15-16-26(33)31(4)19-24)32-18-17-29(37-27(32)34,25-9-7-6-8-10-25)20-28(2,3)30-38(5,35)36/h6-16,19,21,30H,17-18,20H2,1-5H3/t21-,29-/m0/s1. The van der Waals surface area contributed by atoms with E-state index in [0.29, 0.717) is 19.4 Å². The van der Waals surface area contributed by atoms with Crippen molar-refractivity contribution in [3.8, 4) is 11.1 Å². The first kappa shape index (κ1) is 27.6. The summed E-state index contributed by atoms with van der Waals surface area (Å²) in [4.78, 5) is 26.9. The number of aryl methyl sites for hydroxylation is 1. The Morgan fingerprint density at radius 3 is 2.21 bits per heavy atom. The molecule has 0 saturated carbocycles. The van der Waals surface area contributed by atoms with Gasteiger partial charge in [-0.15, -0.1) is 0 Å². The molecule has 1 aromatic heterocycles. The number of nitrogens with one attached hydrogen (secondary N) is 1. The molecule has 3 aromatic rings. The van der Waals surface area contributed by atoms with Crippen LogP contribution in [0.25, 0.3) is 11.1 Å². The van der Waals surface area contributed by atoms with Crippen LogP contribution in [0, 0.1) is 0 Å². The number of hydrogen-bond donors (Lipinski definition) is 1. The van der Waals surface area contributed by atoms with E-state index >= 15 is 0 Å². The Morgan fingerprint density at radius 1 is 1.00 bits per heavy atom. The number of hydrogen-bond acceptors (Lipinski definition) is 5. The maximum Gasteiger partial charge on any atom is 0.411 e. The maximum atomic E-state index is 13.5. The molecule has 1 fully saturated rings. The van der Waals surface area contributed by atoms with Crippen LogP contribution in [0.2, 0.25) is 0 Å². The molecule has 0 aliphatic carbocycles. The number of nitrogens with zero attached hydrogens (tertiary/aromatic N) is 2. The molecule has 2 atom stereocenters. The van der Waals surface area contributed by atoms with Gasteiger partial charge < -0.3 is 14.2 Å². The minimum absolute atomic E-state index is 0.0651. The molecule has 2 heterocycles. The molecule has 2 aromatic carbocycles. The molecule has 9 heteroatoms. The minimum Gasteiger partial charge on any atom is -0.438 e. The second-order valence-corrected chi connectivity index (χ2v) is 12.5. The second kappa shape index (κ2) is 10.4. The van der Waals surface area contributed by atoms with Crippen molar-refractivity contribution in [3.05, 3.63) is 94.4 Å². The third kappa shape index (κ3) is 6.16. The summed E-state index contributed by atoms with van der Waals surface area (Å²) < 4.78 is 34.4. The largest absolute Gasteiger partial charge is 0.438 e. The van der Waals surface area contributed by atoms with Crippen molar-refractivity contribution < 1.29 is 17.9 Å². The van der Waals surface area contributed by atoms with E-state index in [0.717, 1.165) is 28.5 Å². The van der Waals surface area contributed by atoms with Gasteiger partial charge in [0.25, 0.3) is 0 Å². The number of sulfonamides is 1. The lowest BCUT2D eigenvalue weighted by Gasteiger charge is -2.46. The summed E-state index contributed by atoms with van der Waals surface area (Å²) in [6.45, 7) is 6.01. The molecule has 1 aliphatic heterocycles. The van der Waals surface area contributed by atoms with Gasteiger partial charge in [-0.2, -0.15) is 0 Å². The van der Waals surface area contributed by atoms with Gasteiger partial charge in [-0.3, -0.25) is 4.79 Å². The first-order valence-electron chi connectivity index (χ1n) is 12.6. The first-order chi connectivity index (χ1) is 17.8. The normalized spacial score (nSPS) is 19.2. The number of aromatic nitrogens is 1. The summed E-state index contributed by atoms with van der Waals surface area (Å²) in [5.74, 6) is 0. The average Bonchev–Trinajstić information content (AvgIpc) is 2.84. The van der Waals surface area contributed by atoms with Crippen LogP contribution in [0.3, 0.4) is 0 Å². The van der Waals surface area contributed by atoms with Crippen molar-refractivity contribution in [3.63, 3.8) is 0 Å². The van der Waals surface area contributed by atoms with E-state index in [4.69, 9.17) is 4.74 Å². The van der Waals surface area contributed by atoms with Crippen LogP contribution in [-0.2, 0) is 27.4 Å². The van der Waals surface area contributed by atoms with Gasteiger partial charge in [0.15, 0.2) is 0 Å². The molecule has 1 N–H and O–H groups in total. The summed E-state index contributed by atoms with van der Waals surface area (Å²) in [5.41, 5.74) is 1.83. The number of cyclic esters (lactones) is 1. The predicted molar refractivity (Wildman–Crippen MR) is 148 cm³/mol. The van der Waals surface area contributed by atoms with Crippen molar-refractivity contribution in [1.82, 2.24) is 14.2 Å². The van der Waals surface area contributed by atoms with Gasteiger partial charge in [0.05, 0.1) is 12.3 Å². The molecule has 38 heavy (non-hydrogen) atoms. The molecule has 1 saturated heterocycles. The Morgan fingerprint density at radius 2 is 1.63 bits per heavy atom. The Labute approximate surface area is 224 Å². The molecule has 202 valence electrons. The van der Waals surface area contributed by atoms with Gasteiger partial charge in [-0.05, 0) is 49.1 Å². The van der Waals surface area contributed by atoms with Gasteiger partial charge in [0, 0.05) is 44.2 Å². The monoisotopic (exact) mass is 537 g/mol. The van der Waals surface area contributed by atoms with Crippen molar-refractivity contribution in [1.29, 1.82) is 0 Å². The summed E-state index contributed by atoms with van der Waals surface area (Å²) >= 11 is 0. The maximum absolute atomic E-state index is 13.5. The van der Waals surface area contributed by atoms with E-state index in [1.165, 1.54) is 0 Å². The zero-order chi connectivity index (χ0) is 27.7. The fourth-order valence-electron chi connectivity index (χ4n) is 5.34. The highest BCUT2D eigenvalue weighted by molar-refractivity contribution is 7.88. The molecule has 1 aliphatic rings. The van der Waals surface area contributed by atoms with Crippen molar-refractivity contribution >= 4 is 16.1 Å². The van der Waals surface area contributed by atoms with E-state index in [1.54, 1.807) is 48.7 Å². The molecule has 0 unspecified atom stereocenters. The van der Waals surface area contributed by atoms with Gasteiger partial charge in [-0.1, -0.05) is 54.6 Å². The average molecular weight is 538 g/mol. The predicted octanol–water partition coefficient (Wildman–Crippen LogP) is 4.57. The Bertz CT molecular complexity index is 1470. The zero-order valence-electron chi connectivity index (χ0n) is 22.5. The van der Waals surface area contributed by atoms with Crippen LogP contribution in [0.4, 0.5) is 4.79 Å². The van der Waals surface area contributed by atoms with Gasteiger partial charge >= 0.3 is 6.09 Å². The van der Waals surface area contributed by atoms with Crippen LogP contribution in [0.1, 0.15) is 50.8 Å². The molecule has 0 radical (unpaired) electrons. The topological polar surface area (TPSA) is 97.7 Å².